The van der Waals surface area contributed by atoms with Crippen LogP contribution < -0.4 is 0 Å². The van der Waals surface area contributed by atoms with E-state index in [1.165, 1.54) is 19.3 Å². The van der Waals surface area contributed by atoms with E-state index < -0.39 is 0 Å². The summed E-state index contributed by atoms with van der Waals surface area (Å²) in [5.74, 6) is 2.28. The lowest BCUT2D eigenvalue weighted by molar-refractivity contribution is -0.131. The molecular weight excluding hydrogens is 338 g/mol. The summed E-state index contributed by atoms with van der Waals surface area (Å²) in [4.78, 5) is 18.5. The molecule has 2 aromatic heterocycles. The number of hydrogen-bond donors (Lipinski definition) is 1. The Morgan fingerprint density at radius 3 is 3.00 bits per heavy atom. The largest absolute Gasteiger partial charge is 0.361 e. The van der Waals surface area contributed by atoms with Gasteiger partial charge in [-0.3, -0.25) is 4.79 Å². The van der Waals surface area contributed by atoms with E-state index in [2.05, 4.69) is 25.8 Å². The highest BCUT2D eigenvalue weighted by Gasteiger charge is 2.34. The molecule has 0 aliphatic carbocycles. The van der Waals surface area contributed by atoms with Crippen LogP contribution in [-0.4, -0.2) is 37.1 Å². The molecule has 3 aromatic rings. The Hall–Kier alpha value is -2.63. The second-order valence-electron chi connectivity index (χ2n) is 7.72. The van der Waals surface area contributed by atoms with Gasteiger partial charge in [0, 0.05) is 36.6 Å². The maximum absolute atomic E-state index is 13.2. The minimum absolute atomic E-state index is 0.0713. The van der Waals surface area contributed by atoms with E-state index in [0.29, 0.717) is 6.42 Å². The molecule has 1 fully saturated rings. The van der Waals surface area contributed by atoms with E-state index in [1.807, 2.05) is 29.3 Å². The lowest BCUT2D eigenvalue weighted by Gasteiger charge is -2.24. The molecule has 0 saturated carbocycles. The predicted molar refractivity (Wildman–Crippen MR) is 103 cm³/mol. The van der Waals surface area contributed by atoms with E-state index >= 15 is 0 Å². The molecule has 0 radical (unpaired) electrons. The van der Waals surface area contributed by atoms with E-state index in [9.17, 15) is 4.79 Å². The standard InChI is InChI=1S/C21H25N5O/c27-20(13-15-14-22-17-8-4-3-7-16(15)17)25-12-6-9-18(25)21-24-23-19-10-2-1-5-11-26(19)21/h3-4,7-8,14,18,22H,1-2,5-6,9-13H2/t18-/m1/s1. The van der Waals surface area contributed by atoms with Gasteiger partial charge in [-0.25, -0.2) is 0 Å². The number of aromatic nitrogens is 4. The van der Waals surface area contributed by atoms with Crippen LogP contribution in [0.5, 0.6) is 0 Å². The number of H-pyrrole nitrogens is 1. The van der Waals surface area contributed by atoms with E-state index in [4.69, 9.17) is 0 Å². The van der Waals surface area contributed by atoms with Crippen molar-refractivity contribution in [3.8, 4) is 0 Å². The van der Waals surface area contributed by atoms with Gasteiger partial charge in [0.2, 0.25) is 5.91 Å². The highest BCUT2D eigenvalue weighted by Crippen LogP contribution is 2.33. The lowest BCUT2D eigenvalue weighted by Crippen LogP contribution is -2.33. The highest BCUT2D eigenvalue weighted by atomic mass is 16.2. The number of carbonyl (C=O) groups is 1. The fourth-order valence-corrected chi connectivity index (χ4v) is 4.63. The molecule has 2 aliphatic rings. The van der Waals surface area contributed by atoms with E-state index in [-0.39, 0.29) is 11.9 Å². The van der Waals surface area contributed by atoms with Gasteiger partial charge in [-0.2, -0.15) is 0 Å². The second kappa shape index (κ2) is 6.83. The number of nitrogens with one attached hydrogen (secondary N) is 1. The lowest BCUT2D eigenvalue weighted by atomic mass is 10.1. The van der Waals surface area contributed by atoms with Crippen molar-refractivity contribution in [2.45, 2.75) is 57.5 Å². The Labute approximate surface area is 158 Å². The number of carbonyl (C=O) groups excluding carboxylic acids is 1. The normalized spacial score (nSPS) is 20.0. The Morgan fingerprint density at radius 2 is 2.04 bits per heavy atom. The van der Waals surface area contributed by atoms with E-state index in [0.717, 1.165) is 60.5 Å². The number of rotatable bonds is 3. The van der Waals surface area contributed by atoms with Crippen molar-refractivity contribution < 1.29 is 4.79 Å². The van der Waals surface area contributed by atoms with Crippen molar-refractivity contribution in [2.24, 2.45) is 0 Å². The first-order valence-corrected chi connectivity index (χ1v) is 10.1. The van der Waals surface area contributed by atoms with Crippen LogP contribution in [0.4, 0.5) is 0 Å². The third kappa shape index (κ3) is 2.93. The molecule has 140 valence electrons. The molecule has 1 aromatic carbocycles. The number of fused-ring (bicyclic) bond motifs is 2. The number of benzene rings is 1. The van der Waals surface area contributed by atoms with E-state index in [1.54, 1.807) is 0 Å². The molecule has 27 heavy (non-hydrogen) atoms. The molecule has 6 heteroatoms. The van der Waals surface area contributed by atoms with Crippen LogP contribution >= 0.6 is 0 Å². The number of amides is 1. The third-order valence-corrected chi connectivity index (χ3v) is 6.03. The smallest absolute Gasteiger partial charge is 0.227 e. The summed E-state index contributed by atoms with van der Waals surface area (Å²) >= 11 is 0. The molecule has 0 unspecified atom stereocenters. The van der Waals surface area contributed by atoms with Crippen molar-refractivity contribution >= 4 is 16.8 Å². The average Bonchev–Trinajstić information content (AvgIpc) is 3.37. The SMILES string of the molecule is O=C(Cc1c[nH]c2ccccc12)N1CCC[C@@H]1c1nnc2n1CCCCC2. The minimum Gasteiger partial charge on any atom is -0.361 e. The Morgan fingerprint density at radius 1 is 1.11 bits per heavy atom. The van der Waals surface area contributed by atoms with Crippen molar-refractivity contribution in [3.63, 3.8) is 0 Å². The molecule has 1 amide bonds. The third-order valence-electron chi connectivity index (χ3n) is 6.03. The highest BCUT2D eigenvalue weighted by molar-refractivity contribution is 5.89. The Kier molecular flexibility index (Phi) is 4.19. The number of likely N-dealkylation sites (tertiary alicyclic amines) is 1. The predicted octanol–water partition coefficient (Wildman–Crippen LogP) is 3.39. The summed E-state index contributed by atoms with van der Waals surface area (Å²) in [5, 5.41) is 10.1. The van der Waals surface area contributed by atoms with Crippen LogP contribution in [0.2, 0.25) is 0 Å². The van der Waals surface area contributed by atoms with Crippen LogP contribution in [0.3, 0.4) is 0 Å². The van der Waals surface area contributed by atoms with Gasteiger partial charge in [-0.1, -0.05) is 24.6 Å². The zero-order valence-corrected chi connectivity index (χ0v) is 15.5. The monoisotopic (exact) mass is 363 g/mol. The number of aromatic amines is 1. The quantitative estimate of drug-likeness (QED) is 0.776. The first-order chi connectivity index (χ1) is 13.3. The summed E-state index contributed by atoms with van der Waals surface area (Å²) in [7, 11) is 0. The van der Waals surface area contributed by atoms with Gasteiger partial charge in [-0.05, 0) is 37.3 Å². The second-order valence-corrected chi connectivity index (χ2v) is 7.72. The Balaban J connectivity index is 1.40. The summed E-state index contributed by atoms with van der Waals surface area (Å²) in [5.41, 5.74) is 2.15. The topological polar surface area (TPSA) is 66.8 Å². The number of aryl methyl sites for hydroxylation is 1. The fraction of sp³-hybridized carbons (Fsp3) is 0.476. The number of nitrogens with zero attached hydrogens (tertiary/aromatic N) is 4. The fourth-order valence-electron chi connectivity index (χ4n) is 4.63. The molecule has 1 saturated heterocycles. The molecule has 2 aliphatic heterocycles. The minimum atomic E-state index is 0.0713. The summed E-state index contributed by atoms with van der Waals surface area (Å²) in [6, 6.07) is 8.23. The van der Waals surface area contributed by atoms with Crippen LogP contribution in [-0.2, 0) is 24.2 Å². The number of para-hydroxylation sites is 1. The molecule has 5 rings (SSSR count). The van der Waals surface area contributed by atoms with Gasteiger partial charge in [0.25, 0.3) is 0 Å². The summed E-state index contributed by atoms with van der Waals surface area (Å²) < 4.78 is 2.29. The molecule has 4 heterocycles. The summed E-state index contributed by atoms with van der Waals surface area (Å²) in [6.07, 6.45) is 9.03. The van der Waals surface area contributed by atoms with Gasteiger partial charge >= 0.3 is 0 Å². The zero-order valence-electron chi connectivity index (χ0n) is 15.5. The molecular formula is C21H25N5O. The molecule has 0 spiro atoms. The van der Waals surface area contributed by atoms with Crippen LogP contribution in [0.25, 0.3) is 10.9 Å². The molecule has 1 N–H and O–H groups in total. The van der Waals surface area contributed by atoms with Gasteiger partial charge in [0.15, 0.2) is 5.82 Å². The van der Waals surface area contributed by atoms with Crippen LogP contribution in [0.1, 0.15) is 55.4 Å². The molecule has 0 bridgehead atoms. The van der Waals surface area contributed by atoms with Crippen molar-refractivity contribution in [1.82, 2.24) is 24.6 Å². The average molecular weight is 363 g/mol. The first kappa shape index (κ1) is 16.5. The van der Waals surface area contributed by atoms with Crippen LogP contribution in [0, 0.1) is 0 Å². The van der Waals surface area contributed by atoms with Gasteiger partial charge in [0.05, 0.1) is 12.5 Å². The van der Waals surface area contributed by atoms with Gasteiger partial charge in [0.1, 0.15) is 5.82 Å². The van der Waals surface area contributed by atoms with Crippen molar-refractivity contribution in [3.05, 3.63) is 47.7 Å². The molecule has 6 nitrogen and oxygen atoms in total. The van der Waals surface area contributed by atoms with Gasteiger partial charge in [-0.15, -0.1) is 10.2 Å². The first-order valence-electron chi connectivity index (χ1n) is 10.1. The van der Waals surface area contributed by atoms with Gasteiger partial charge < -0.3 is 14.5 Å². The Bertz CT molecular complexity index is 972. The maximum Gasteiger partial charge on any atom is 0.227 e. The van der Waals surface area contributed by atoms with Crippen LogP contribution in [0.15, 0.2) is 30.5 Å². The number of hydrogen-bond acceptors (Lipinski definition) is 3. The van der Waals surface area contributed by atoms with Crippen molar-refractivity contribution in [1.29, 1.82) is 0 Å². The summed E-state index contributed by atoms with van der Waals surface area (Å²) in [6.45, 7) is 1.80. The zero-order chi connectivity index (χ0) is 18.2. The maximum atomic E-state index is 13.2. The van der Waals surface area contributed by atoms with Crippen molar-refractivity contribution in [2.75, 3.05) is 6.54 Å². The molecule has 1 atom stereocenters.